The van der Waals surface area contributed by atoms with Gasteiger partial charge in [-0.05, 0) is 24.7 Å². The van der Waals surface area contributed by atoms with Crippen LogP contribution in [0, 0.1) is 12.3 Å². The molecule has 0 radical (unpaired) electrons. The zero-order valence-electron chi connectivity index (χ0n) is 15.0. The van der Waals surface area contributed by atoms with Crippen LogP contribution in [0.3, 0.4) is 0 Å². The van der Waals surface area contributed by atoms with E-state index in [2.05, 4.69) is 44.6 Å². The molecule has 0 saturated heterocycles. The molecule has 2 aromatic rings. The summed E-state index contributed by atoms with van der Waals surface area (Å²) in [4.78, 5) is 8.62. The van der Waals surface area contributed by atoms with Crippen molar-refractivity contribution in [2.75, 3.05) is 19.5 Å². The first-order valence-corrected chi connectivity index (χ1v) is 9.00. The first-order valence-electron chi connectivity index (χ1n) is 8.01. The number of benzene rings is 1. The van der Waals surface area contributed by atoms with Gasteiger partial charge in [-0.15, -0.1) is 12.3 Å². The van der Waals surface area contributed by atoms with E-state index in [9.17, 15) is 0 Å². The number of hydrogen-bond donors (Lipinski definition) is 2. The SMILES string of the molecule is C#CC/C=C(\C(=C)OC)c1cc(Nc2cccc(CSNC)c2)ncn1. The van der Waals surface area contributed by atoms with E-state index in [1.54, 1.807) is 19.1 Å². The van der Waals surface area contributed by atoms with Gasteiger partial charge in [-0.25, -0.2) is 9.97 Å². The van der Waals surface area contributed by atoms with Gasteiger partial charge < -0.3 is 10.1 Å². The summed E-state index contributed by atoms with van der Waals surface area (Å²) in [6, 6.07) is 10.0. The molecule has 0 aliphatic carbocycles. The van der Waals surface area contributed by atoms with Crippen molar-refractivity contribution >= 4 is 29.0 Å². The monoisotopic (exact) mass is 366 g/mol. The van der Waals surface area contributed by atoms with Gasteiger partial charge in [0.05, 0.1) is 12.8 Å². The Labute approximate surface area is 159 Å². The highest BCUT2D eigenvalue weighted by atomic mass is 32.2. The van der Waals surface area contributed by atoms with Gasteiger partial charge in [-0.1, -0.05) is 36.7 Å². The first kappa shape index (κ1) is 19.6. The Kier molecular flexibility index (Phi) is 7.75. The molecule has 0 spiro atoms. The van der Waals surface area contributed by atoms with Crippen LogP contribution in [0.1, 0.15) is 17.7 Å². The predicted molar refractivity (Wildman–Crippen MR) is 110 cm³/mol. The Morgan fingerprint density at radius 3 is 2.96 bits per heavy atom. The molecule has 2 N–H and O–H groups in total. The lowest BCUT2D eigenvalue weighted by Crippen LogP contribution is -2.00. The maximum Gasteiger partial charge on any atom is 0.134 e. The molecule has 2 rings (SSSR count). The van der Waals surface area contributed by atoms with Gasteiger partial charge in [0.15, 0.2) is 0 Å². The van der Waals surface area contributed by atoms with Gasteiger partial charge in [-0.2, -0.15) is 0 Å². The zero-order valence-corrected chi connectivity index (χ0v) is 15.8. The van der Waals surface area contributed by atoms with Crippen LogP contribution in [0.15, 0.2) is 55.1 Å². The lowest BCUT2D eigenvalue weighted by Gasteiger charge is -2.11. The minimum absolute atomic E-state index is 0.468. The number of rotatable bonds is 9. The lowest BCUT2D eigenvalue weighted by atomic mass is 10.1. The number of anilines is 2. The van der Waals surface area contributed by atoms with Crippen LogP contribution in [0.5, 0.6) is 0 Å². The van der Waals surface area contributed by atoms with Crippen molar-refractivity contribution in [1.82, 2.24) is 14.7 Å². The van der Waals surface area contributed by atoms with Crippen LogP contribution in [0.2, 0.25) is 0 Å². The Hall–Kier alpha value is -2.75. The average molecular weight is 366 g/mol. The van der Waals surface area contributed by atoms with Crippen molar-refractivity contribution in [1.29, 1.82) is 0 Å². The Bertz CT molecular complexity index is 827. The third-order valence-electron chi connectivity index (χ3n) is 3.50. The van der Waals surface area contributed by atoms with Crippen LogP contribution in [-0.4, -0.2) is 24.1 Å². The molecule has 0 fully saturated rings. The normalized spacial score (nSPS) is 10.9. The van der Waals surface area contributed by atoms with E-state index in [-0.39, 0.29) is 0 Å². The molecule has 0 aliphatic rings. The van der Waals surface area contributed by atoms with Crippen LogP contribution in [0.4, 0.5) is 11.5 Å². The molecule has 0 aliphatic heterocycles. The highest BCUT2D eigenvalue weighted by Gasteiger charge is 2.09. The smallest absolute Gasteiger partial charge is 0.134 e. The Balaban J connectivity index is 2.23. The lowest BCUT2D eigenvalue weighted by molar-refractivity contribution is 0.312. The summed E-state index contributed by atoms with van der Waals surface area (Å²) in [6.07, 6.45) is 9.20. The number of terminal acetylenes is 1. The molecule has 0 bridgehead atoms. The highest BCUT2D eigenvalue weighted by molar-refractivity contribution is 7.96. The Morgan fingerprint density at radius 2 is 2.23 bits per heavy atom. The van der Waals surface area contributed by atoms with E-state index in [0.29, 0.717) is 23.7 Å². The number of methoxy groups -OCH3 is 1. The number of allylic oxidation sites excluding steroid dienone is 2. The van der Waals surface area contributed by atoms with Gasteiger partial charge in [-0.3, -0.25) is 4.72 Å². The molecule has 0 unspecified atom stereocenters. The second-order valence-electron chi connectivity index (χ2n) is 5.26. The third-order valence-corrected chi connectivity index (χ3v) is 4.26. The molecule has 1 heterocycles. The fourth-order valence-corrected chi connectivity index (χ4v) is 2.74. The largest absolute Gasteiger partial charge is 0.497 e. The quantitative estimate of drug-likeness (QED) is 0.301. The molecule has 0 atom stereocenters. The number of nitrogens with zero attached hydrogens (tertiary/aromatic N) is 2. The zero-order chi connectivity index (χ0) is 18.8. The minimum Gasteiger partial charge on any atom is -0.497 e. The molecular weight excluding hydrogens is 344 g/mol. The summed E-state index contributed by atoms with van der Waals surface area (Å²) in [6.45, 7) is 3.91. The second kappa shape index (κ2) is 10.3. The topological polar surface area (TPSA) is 59.1 Å². The molecule has 1 aromatic heterocycles. The minimum atomic E-state index is 0.468. The van der Waals surface area contributed by atoms with E-state index in [1.807, 2.05) is 31.3 Å². The van der Waals surface area contributed by atoms with Gasteiger partial charge in [0.25, 0.3) is 0 Å². The van der Waals surface area contributed by atoms with Crippen molar-refractivity contribution in [3.05, 3.63) is 66.3 Å². The van der Waals surface area contributed by atoms with Gasteiger partial charge in [0.1, 0.15) is 17.9 Å². The van der Waals surface area contributed by atoms with E-state index >= 15 is 0 Å². The molecule has 134 valence electrons. The molecule has 26 heavy (non-hydrogen) atoms. The fourth-order valence-electron chi connectivity index (χ4n) is 2.25. The maximum atomic E-state index is 5.36. The summed E-state index contributed by atoms with van der Waals surface area (Å²) in [5.41, 5.74) is 3.64. The third kappa shape index (κ3) is 5.66. The highest BCUT2D eigenvalue weighted by Crippen LogP contribution is 2.24. The van der Waals surface area contributed by atoms with Crippen LogP contribution >= 0.6 is 11.9 Å². The second-order valence-corrected chi connectivity index (χ2v) is 6.25. The summed E-state index contributed by atoms with van der Waals surface area (Å²) in [5.74, 6) is 4.66. The van der Waals surface area contributed by atoms with Crippen molar-refractivity contribution in [3.8, 4) is 12.3 Å². The van der Waals surface area contributed by atoms with Crippen LogP contribution in [-0.2, 0) is 10.5 Å². The fraction of sp³-hybridized carbons (Fsp3) is 0.200. The standard InChI is InChI=1S/C20H22N4OS/c1-5-6-10-18(15(2)25-4)19-12-20(23-14-22-19)24-17-9-7-8-16(11-17)13-26-21-3/h1,7-12,14,21H,2,6,13H2,3-4H3,(H,22,23,24)/b18-10+. The number of ether oxygens (including phenoxy) is 1. The maximum absolute atomic E-state index is 5.36. The van der Waals surface area contributed by atoms with Crippen molar-refractivity contribution in [2.24, 2.45) is 0 Å². The van der Waals surface area contributed by atoms with Gasteiger partial charge in [0, 0.05) is 29.5 Å². The summed E-state index contributed by atoms with van der Waals surface area (Å²) < 4.78 is 8.33. The molecular formula is C20H22N4OS. The van der Waals surface area contributed by atoms with Crippen molar-refractivity contribution in [2.45, 2.75) is 12.2 Å². The summed E-state index contributed by atoms with van der Waals surface area (Å²) >= 11 is 1.65. The van der Waals surface area contributed by atoms with Crippen molar-refractivity contribution < 1.29 is 4.74 Å². The van der Waals surface area contributed by atoms with Crippen molar-refractivity contribution in [3.63, 3.8) is 0 Å². The van der Waals surface area contributed by atoms with Crippen LogP contribution < -0.4 is 10.0 Å². The molecule has 1 aromatic carbocycles. The first-order chi connectivity index (χ1) is 12.7. The predicted octanol–water partition coefficient (Wildman–Crippen LogP) is 4.15. The van der Waals surface area contributed by atoms with Gasteiger partial charge in [0.2, 0.25) is 0 Å². The number of nitrogens with one attached hydrogen (secondary N) is 2. The van der Waals surface area contributed by atoms with E-state index < -0.39 is 0 Å². The summed E-state index contributed by atoms with van der Waals surface area (Å²) in [7, 11) is 3.48. The molecule has 0 saturated carbocycles. The number of hydrogen-bond acceptors (Lipinski definition) is 6. The molecule has 6 heteroatoms. The average Bonchev–Trinajstić information content (AvgIpc) is 2.67. The van der Waals surface area contributed by atoms with E-state index in [1.165, 1.54) is 11.9 Å². The van der Waals surface area contributed by atoms with Crippen LogP contribution in [0.25, 0.3) is 5.57 Å². The molecule has 5 nitrogen and oxygen atoms in total. The number of aromatic nitrogens is 2. The van der Waals surface area contributed by atoms with E-state index in [4.69, 9.17) is 11.2 Å². The molecule has 0 amide bonds. The Morgan fingerprint density at radius 1 is 1.38 bits per heavy atom. The van der Waals surface area contributed by atoms with Gasteiger partial charge >= 0.3 is 0 Å². The summed E-state index contributed by atoms with van der Waals surface area (Å²) in [5, 5.41) is 3.31. The van der Waals surface area contributed by atoms with E-state index in [0.717, 1.165) is 17.0 Å².